The van der Waals surface area contributed by atoms with Gasteiger partial charge in [-0.15, -0.1) is 0 Å². The largest absolute Gasteiger partial charge is 0.349 e. The first-order valence-corrected chi connectivity index (χ1v) is 6.87. The zero-order chi connectivity index (χ0) is 15.3. The number of amides is 1. The van der Waals surface area contributed by atoms with Crippen molar-refractivity contribution in [1.29, 1.82) is 0 Å². The number of hydrogen-bond acceptors (Lipinski definition) is 4. The zero-order valence-electron chi connectivity index (χ0n) is 12.6. The molecule has 0 saturated heterocycles. The number of nitrogens with zero attached hydrogens (tertiary/aromatic N) is 1. The summed E-state index contributed by atoms with van der Waals surface area (Å²) in [6, 6.07) is 2.98. The van der Waals surface area contributed by atoms with E-state index in [1.807, 2.05) is 13.8 Å². The Morgan fingerprint density at radius 3 is 2.55 bits per heavy atom. The molecule has 0 spiro atoms. The Bertz CT molecular complexity index is 500. The monoisotopic (exact) mass is 277 g/mol. The smallest absolute Gasteiger partial charge is 0.237 e. The molecule has 1 amide bonds. The van der Waals surface area contributed by atoms with Crippen molar-refractivity contribution in [2.75, 3.05) is 0 Å². The number of pyridine rings is 1. The highest BCUT2D eigenvalue weighted by molar-refractivity contribution is 5.95. The van der Waals surface area contributed by atoms with Gasteiger partial charge in [0.2, 0.25) is 5.91 Å². The Morgan fingerprint density at radius 2 is 2.05 bits per heavy atom. The van der Waals surface area contributed by atoms with E-state index in [0.717, 1.165) is 12.1 Å². The number of Topliss-reactive ketones (excluding diaryl/α,β-unsaturated/α-hetero) is 1. The molecule has 110 valence electrons. The van der Waals surface area contributed by atoms with E-state index in [2.05, 4.69) is 10.3 Å². The SMILES string of the molecule is CCC(C)C(N)C(=O)NCc1ccc(C(C)=O)c(C)n1. The first kappa shape index (κ1) is 16.3. The quantitative estimate of drug-likeness (QED) is 0.773. The average Bonchev–Trinajstić information content (AvgIpc) is 2.42. The van der Waals surface area contributed by atoms with Gasteiger partial charge >= 0.3 is 0 Å². The van der Waals surface area contributed by atoms with E-state index >= 15 is 0 Å². The molecule has 0 aliphatic carbocycles. The van der Waals surface area contributed by atoms with Crippen LogP contribution in [-0.2, 0) is 11.3 Å². The lowest BCUT2D eigenvalue weighted by Crippen LogP contribution is -2.44. The predicted molar refractivity (Wildman–Crippen MR) is 78.3 cm³/mol. The molecule has 1 aromatic rings. The van der Waals surface area contributed by atoms with Gasteiger partial charge in [0, 0.05) is 11.3 Å². The maximum atomic E-state index is 11.9. The summed E-state index contributed by atoms with van der Waals surface area (Å²) in [6.07, 6.45) is 0.860. The second kappa shape index (κ2) is 7.14. The molecular weight excluding hydrogens is 254 g/mol. The van der Waals surface area contributed by atoms with Crippen molar-refractivity contribution in [2.24, 2.45) is 11.7 Å². The molecule has 0 bridgehead atoms. The second-order valence-electron chi connectivity index (χ2n) is 5.12. The first-order valence-electron chi connectivity index (χ1n) is 6.87. The van der Waals surface area contributed by atoms with Crippen molar-refractivity contribution in [1.82, 2.24) is 10.3 Å². The molecule has 5 heteroatoms. The summed E-state index contributed by atoms with van der Waals surface area (Å²) in [5.74, 6) is -0.0383. The second-order valence-corrected chi connectivity index (χ2v) is 5.12. The standard InChI is InChI=1S/C15H23N3O2/c1-5-9(2)14(16)15(20)17-8-12-6-7-13(11(4)19)10(3)18-12/h6-7,9,14H,5,8,16H2,1-4H3,(H,17,20). The molecule has 0 saturated carbocycles. The Morgan fingerprint density at radius 1 is 1.40 bits per heavy atom. The highest BCUT2D eigenvalue weighted by atomic mass is 16.2. The zero-order valence-corrected chi connectivity index (χ0v) is 12.6. The third-order valence-electron chi connectivity index (χ3n) is 3.53. The number of rotatable bonds is 6. The Kier molecular flexibility index (Phi) is 5.82. The van der Waals surface area contributed by atoms with Crippen LogP contribution in [0.1, 0.15) is 48.9 Å². The predicted octanol–water partition coefficient (Wildman–Crippen LogP) is 1.58. The van der Waals surface area contributed by atoms with Gasteiger partial charge in [-0.05, 0) is 31.9 Å². The minimum Gasteiger partial charge on any atom is -0.349 e. The summed E-state index contributed by atoms with van der Waals surface area (Å²) in [7, 11) is 0. The van der Waals surface area contributed by atoms with Gasteiger partial charge in [0.05, 0.1) is 18.3 Å². The van der Waals surface area contributed by atoms with Gasteiger partial charge in [0.15, 0.2) is 5.78 Å². The van der Waals surface area contributed by atoms with Gasteiger partial charge in [-0.3, -0.25) is 14.6 Å². The van der Waals surface area contributed by atoms with Crippen molar-refractivity contribution in [3.8, 4) is 0 Å². The molecule has 1 aromatic heterocycles. The van der Waals surface area contributed by atoms with Crippen LogP contribution in [0.15, 0.2) is 12.1 Å². The van der Waals surface area contributed by atoms with Crippen molar-refractivity contribution in [2.45, 2.75) is 46.7 Å². The van der Waals surface area contributed by atoms with Crippen LogP contribution in [0.2, 0.25) is 0 Å². The fourth-order valence-corrected chi connectivity index (χ4v) is 1.89. The van der Waals surface area contributed by atoms with Gasteiger partial charge in [0.25, 0.3) is 0 Å². The maximum Gasteiger partial charge on any atom is 0.237 e. The summed E-state index contributed by atoms with van der Waals surface area (Å²) >= 11 is 0. The number of nitrogens with one attached hydrogen (secondary N) is 1. The number of aryl methyl sites for hydroxylation is 1. The molecule has 0 fully saturated rings. The Labute approximate surface area is 120 Å². The molecule has 3 N–H and O–H groups in total. The average molecular weight is 277 g/mol. The summed E-state index contributed by atoms with van der Waals surface area (Å²) in [6.45, 7) is 7.57. The molecule has 1 rings (SSSR count). The first-order chi connectivity index (χ1) is 9.36. The third kappa shape index (κ3) is 4.13. The van der Waals surface area contributed by atoms with E-state index in [1.165, 1.54) is 6.92 Å². The van der Waals surface area contributed by atoms with Crippen molar-refractivity contribution in [3.05, 3.63) is 29.1 Å². The summed E-state index contributed by atoms with van der Waals surface area (Å²) in [5.41, 5.74) is 7.86. The molecule has 20 heavy (non-hydrogen) atoms. The lowest BCUT2D eigenvalue weighted by Gasteiger charge is -2.17. The fourth-order valence-electron chi connectivity index (χ4n) is 1.89. The van der Waals surface area contributed by atoms with E-state index in [0.29, 0.717) is 17.8 Å². The topological polar surface area (TPSA) is 85.1 Å². The maximum absolute atomic E-state index is 11.9. The van der Waals surface area contributed by atoms with E-state index in [9.17, 15) is 9.59 Å². The summed E-state index contributed by atoms with van der Waals surface area (Å²) in [4.78, 5) is 27.5. The van der Waals surface area contributed by atoms with E-state index in [-0.39, 0.29) is 17.6 Å². The third-order valence-corrected chi connectivity index (χ3v) is 3.53. The van der Waals surface area contributed by atoms with Crippen molar-refractivity contribution >= 4 is 11.7 Å². The van der Waals surface area contributed by atoms with E-state index in [4.69, 9.17) is 5.73 Å². The molecular formula is C15H23N3O2. The van der Waals surface area contributed by atoms with E-state index < -0.39 is 6.04 Å². The normalized spacial score (nSPS) is 13.7. The van der Waals surface area contributed by atoms with Gasteiger partial charge in [-0.2, -0.15) is 0 Å². The van der Waals surface area contributed by atoms with Crippen LogP contribution in [0.5, 0.6) is 0 Å². The Balaban J connectivity index is 2.64. The highest BCUT2D eigenvalue weighted by Gasteiger charge is 2.19. The minimum absolute atomic E-state index is 0.00983. The van der Waals surface area contributed by atoms with Crippen molar-refractivity contribution in [3.63, 3.8) is 0 Å². The van der Waals surface area contributed by atoms with Crippen LogP contribution < -0.4 is 11.1 Å². The van der Waals surface area contributed by atoms with Crippen LogP contribution >= 0.6 is 0 Å². The van der Waals surface area contributed by atoms with Crippen molar-refractivity contribution < 1.29 is 9.59 Å². The number of carbonyl (C=O) groups excluding carboxylic acids is 2. The van der Waals surface area contributed by atoms with Gasteiger partial charge < -0.3 is 11.1 Å². The number of hydrogen-bond donors (Lipinski definition) is 2. The molecule has 2 unspecified atom stereocenters. The van der Waals surface area contributed by atoms with Crippen LogP contribution in [-0.4, -0.2) is 22.7 Å². The van der Waals surface area contributed by atoms with Crippen LogP contribution in [0.4, 0.5) is 0 Å². The van der Waals surface area contributed by atoms with E-state index in [1.54, 1.807) is 19.1 Å². The van der Waals surface area contributed by atoms with Gasteiger partial charge in [-0.25, -0.2) is 0 Å². The number of carbonyl (C=O) groups is 2. The number of aromatic nitrogens is 1. The fraction of sp³-hybridized carbons (Fsp3) is 0.533. The number of ketones is 1. The van der Waals surface area contributed by atoms with Crippen LogP contribution in [0.3, 0.4) is 0 Å². The lowest BCUT2D eigenvalue weighted by molar-refractivity contribution is -0.123. The molecule has 0 aliphatic rings. The minimum atomic E-state index is -0.502. The van der Waals surface area contributed by atoms with Crippen LogP contribution in [0.25, 0.3) is 0 Å². The summed E-state index contributed by atoms with van der Waals surface area (Å²) < 4.78 is 0. The van der Waals surface area contributed by atoms with Gasteiger partial charge in [0.1, 0.15) is 0 Å². The number of nitrogens with two attached hydrogens (primary N) is 1. The Hall–Kier alpha value is -1.75. The molecule has 0 radical (unpaired) electrons. The summed E-state index contributed by atoms with van der Waals surface area (Å²) in [5, 5.41) is 2.78. The molecule has 0 aliphatic heterocycles. The molecule has 1 heterocycles. The molecule has 5 nitrogen and oxygen atoms in total. The van der Waals surface area contributed by atoms with Crippen LogP contribution in [0, 0.1) is 12.8 Å². The highest BCUT2D eigenvalue weighted by Crippen LogP contribution is 2.08. The molecule has 0 aromatic carbocycles. The lowest BCUT2D eigenvalue weighted by atomic mass is 9.99. The molecule has 2 atom stereocenters. The van der Waals surface area contributed by atoms with Gasteiger partial charge in [-0.1, -0.05) is 20.3 Å².